The van der Waals surface area contributed by atoms with E-state index in [9.17, 15) is 9.59 Å². The number of hydrogen-bond acceptors (Lipinski definition) is 4. The van der Waals surface area contributed by atoms with Crippen LogP contribution in [0.15, 0.2) is 17.1 Å². The summed E-state index contributed by atoms with van der Waals surface area (Å²) in [6.07, 6.45) is 1.50. The lowest BCUT2D eigenvalue weighted by atomic mass is 10.2. The van der Waals surface area contributed by atoms with Crippen LogP contribution in [0, 0.1) is 13.8 Å². The molecule has 0 aromatic carbocycles. The van der Waals surface area contributed by atoms with Crippen LogP contribution in [0.5, 0.6) is 0 Å². The predicted molar refractivity (Wildman–Crippen MR) is 97.9 cm³/mol. The molecular formula is C17H24N4O2S. The van der Waals surface area contributed by atoms with Crippen molar-refractivity contribution in [3.63, 3.8) is 0 Å². The molecule has 1 atom stereocenters. The van der Waals surface area contributed by atoms with Crippen molar-refractivity contribution in [2.45, 2.75) is 46.6 Å². The third kappa shape index (κ3) is 3.84. The largest absolute Gasteiger partial charge is 0.327 e. The molecule has 6 nitrogen and oxygen atoms in total. The number of nitrogens with zero attached hydrogens (tertiary/aromatic N) is 2. The van der Waals surface area contributed by atoms with E-state index >= 15 is 0 Å². The van der Waals surface area contributed by atoms with Crippen molar-refractivity contribution < 1.29 is 4.79 Å². The van der Waals surface area contributed by atoms with Gasteiger partial charge in [-0.05, 0) is 26.8 Å². The van der Waals surface area contributed by atoms with Gasteiger partial charge in [-0.1, -0.05) is 13.8 Å². The molecule has 7 heteroatoms. The smallest absolute Gasteiger partial charge is 0.322 e. The van der Waals surface area contributed by atoms with Crippen molar-refractivity contribution in [3.05, 3.63) is 43.8 Å². The summed E-state index contributed by atoms with van der Waals surface area (Å²) in [5.41, 5.74) is 1.94. The van der Waals surface area contributed by atoms with Gasteiger partial charge in [0.2, 0.25) is 0 Å². The Balaban J connectivity index is 2.14. The molecule has 0 bridgehead atoms. The highest BCUT2D eigenvalue weighted by atomic mass is 32.1. The predicted octanol–water partition coefficient (Wildman–Crippen LogP) is 3.80. The van der Waals surface area contributed by atoms with Gasteiger partial charge in [-0.25, -0.2) is 9.78 Å². The van der Waals surface area contributed by atoms with Gasteiger partial charge in [0.15, 0.2) is 0 Å². The van der Waals surface area contributed by atoms with Crippen molar-refractivity contribution in [2.75, 3.05) is 12.4 Å². The number of thiazole rings is 1. The minimum absolute atomic E-state index is 0.0844. The molecule has 130 valence electrons. The number of amides is 2. The van der Waals surface area contributed by atoms with E-state index in [4.69, 9.17) is 0 Å². The minimum Gasteiger partial charge on any atom is -0.327 e. The molecule has 0 unspecified atom stereocenters. The lowest BCUT2D eigenvalue weighted by molar-refractivity contribution is 0.209. The van der Waals surface area contributed by atoms with E-state index in [0.29, 0.717) is 17.2 Å². The van der Waals surface area contributed by atoms with Crippen molar-refractivity contribution in [3.8, 4) is 0 Å². The van der Waals surface area contributed by atoms with Crippen molar-refractivity contribution in [1.29, 1.82) is 0 Å². The highest BCUT2D eigenvalue weighted by Crippen LogP contribution is 2.32. The summed E-state index contributed by atoms with van der Waals surface area (Å²) >= 11 is 1.65. The molecule has 0 aliphatic heterocycles. The SMILES string of the molecule is Cc1nc(C(C)C)sc1[C@H](C)N(C)C(=O)Nc1c[nH]c(=O)c(C)c1. The fraction of sp³-hybridized carbons (Fsp3) is 0.471. The molecule has 2 N–H and O–H groups in total. The van der Waals surface area contributed by atoms with Gasteiger partial charge < -0.3 is 15.2 Å². The van der Waals surface area contributed by atoms with Crippen LogP contribution in [0.1, 0.15) is 53.9 Å². The number of aromatic amines is 1. The first-order chi connectivity index (χ1) is 11.2. The molecule has 0 aliphatic carbocycles. The lowest BCUT2D eigenvalue weighted by Crippen LogP contribution is -2.33. The highest BCUT2D eigenvalue weighted by Gasteiger charge is 2.22. The van der Waals surface area contributed by atoms with Crippen LogP contribution in [0.2, 0.25) is 0 Å². The third-order valence-electron chi connectivity index (χ3n) is 3.96. The van der Waals surface area contributed by atoms with E-state index < -0.39 is 0 Å². The van der Waals surface area contributed by atoms with E-state index in [0.717, 1.165) is 15.6 Å². The molecule has 0 aliphatic rings. The number of H-pyrrole nitrogens is 1. The van der Waals surface area contributed by atoms with Gasteiger partial charge in [0.25, 0.3) is 5.56 Å². The summed E-state index contributed by atoms with van der Waals surface area (Å²) in [7, 11) is 1.76. The zero-order valence-corrected chi connectivity index (χ0v) is 15.7. The zero-order chi connectivity index (χ0) is 18.0. The number of hydrogen-bond donors (Lipinski definition) is 2. The molecule has 2 amide bonds. The molecule has 0 saturated carbocycles. The Hall–Kier alpha value is -2.15. The monoisotopic (exact) mass is 348 g/mol. The summed E-state index contributed by atoms with van der Waals surface area (Å²) in [6.45, 7) is 9.89. The Morgan fingerprint density at radius 3 is 2.54 bits per heavy atom. The van der Waals surface area contributed by atoms with Crippen LogP contribution in [0.25, 0.3) is 0 Å². The number of nitrogens with one attached hydrogen (secondary N) is 2. The first-order valence-electron chi connectivity index (χ1n) is 7.91. The molecule has 2 rings (SSSR count). The number of aryl methyl sites for hydroxylation is 2. The molecule has 0 spiro atoms. The Labute approximate surface area is 145 Å². The van der Waals surface area contributed by atoms with Gasteiger partial charge in [0.05, 0.1) is 22.4 Å². The minimum atomic E-state index is -0.229. The van der Waals surface area contributed by atoms with Crippen LogP contribution >= 0.6 is 11.3 Å². The number of urea groups is 1. The number of anilines is 1. The maximum atomic E-state index is 12.5. The Bertz CT molecular complexity index is 794. The summed E-state index contributed by atoms with van der Waals surface area (Å²) in [5, 5.41) is 3.89. The van der Waals surface area contributed by atoms with Crippen LogP contribution < -0.4 is 10.9 Å². The van der Waals surface area contributed by atoms with Gasteiger partial charge in [0.1, 0.15) is 0 Å². The van der Waals surface area contributed by atoms with E-state index in [1.165, 1.54) is 6.20 Å². The first-order valence-corrected chi connectivity index (χ1v) is 8.72. The quantitative estimate of drug-likeness (QED) is 0.882. The first kappa shape index (κ1) is 18.2. The van der Waals surface area contributed by atoms with Crippen LogP contribution in [-0.2, 0) is 0 Å². The van der Waals surface area contributed by atoms with Gasteiger partial charge in [-0.15, -0.1) is 11.3 Å². The topological polar surface area (TPSA) is 78.1 Å². The van der Waals surface area contributed by atoms with Crippen LogP contribution in [0.4, 0.5) is 10.5 Å². The standard InChI is InChI=1S/C17H24N4O2S/c1-9(2)16-19-11(4)14(24-16)12(5)21(6)17(23)20-13-7-10(3)15(22)18-8-13/h7-9,12H,1-6H3,(H,18,22)(H,20,23)/t12-/m0/s1. The molecule has 0 saturated heterocycles. The number of pyridine rings is 1. The Kier molecular flexibility index (Phi) is 5.43. The van der Waals surface area contributed by atoms with Crippen molar-refractivity contribution in [2.24, 2.45) is 0 Å². The average molecular weight is 348 g/mol. The maximum Gasteiger partial charge on any atom is 0.322 e. The molecule has 2 heterocycles. The van der Waals surface area contributed by atoms with E-state index in [2.05, 4.69) is 29.1 Å². The summed E-state index contributed by atoms with van der Waals surface area (Å²) in [5.74, 6) is 0.373. The number of carbonyl (C=O) groups excluding carboxylic acids is 1. The van der Waals surface area contributed by atoms with Gasteiger partial charge >= 0.3 is 6.03 Å². The van der Waals surface area contributed by atoms with E-state index in [-0.39, 0.29) is 17.6 Å². The summed E-state index contributed by atoms with van der Waals surface area (Å²) in [4.78, 5) is 33.8. The van der Waals surface area contributed by atoms with Gasteiger partial charge in [-0.3, -0.25) is 4.79 Å². The second-order valence-electron chi connectivity index (χ2n) is 6.27. The fourth-order valence-electron chi connectivity index (χ4n) is 2.30. The Morgan fingerprint density at radius 1 is 1.33 bits per heavy atom. The lowest BCUT2D eigenvalue weighted by Gasteiger charge is -2.24. The fourth-order valence-corrected chi connectivity index (χ4v) is 3.46. The molecule has 0 fully saturated rings. The molecule has 2 aromatic rings. The van der Waals surface area contributed by atoms with Crippen molar-refractivity contribution >= 4 is 23.1 Å². The number of carbonyl (C=O) groups is 1. The average Bonchev–Trinajstić information content (AvgIpc) is 2.91. The Morgan fingerprint density at radius 2 is 2.00 bits per heavy atom. The van der Waals surface area contributed by atoms with E-state index in [1.807, 2.05) is 13.8 Å². The van der Waals surface area contributed by atoms with Crippen LogP contribution in [-0.4, -0.2) is 27.9 Å². The summed E-state index contributed by atoms with van der Waals surface area (Å²) in [6, 6.07) is 1.34. The van der Waals surface area contributed by atoms with Crippen molar-refractivity contribution in [1.82, 2.24) is 14.9 Å². The van der Waals surface area contributed by atoms with E-state index in [1.54, 1.807) is 36.3 Å². The summed E-state index contributed by atoms with van der Waals surface area (Å²) < 4.78 is 0. The number of aromatic nitrogens is 2. The highest BCUT2D eigenvalue weighted by molar-refractivity contribution is 7.11. The third-order valence-corrected chi connectivity index (χ3v) is 5.59. The van der Waals surface area contributed by atoms with Crippen LogP contribution in [0.3, 0.4) is 0 Å². The second kappa shape index (κ2) is 7.17. The molecule has 0 radical (unpaired) electrons. The molecule has 24 heavy (non-hydrogen) atoms. The zero-order valence-electron chi connectivity index (χ0n) is 14.9. The van der Waals surface area contributed by atoms with Gasteiger partial charge in [-0.2, -0.15) is 0 Å². The maximum absolute atomic E-state index is 12.5. The molecule has 2 aromatic heterocycles. The normalized spacial score (nSPS) is 12.3. The molecular weight excluding hydrogens is 324 g/mol. The second-order valence-corrected chi connectivity index (χ2v) is 7.34. The number of rotatable bonds is 4. The van der Waals surface area contributed by atoms with Gasteiger partial charge in [0, 0.05) is 29.6 Å².